The minimum atomic E-state index is -0.948. The number of aliphatic hydroxyl groups is 1. The van der Waals surface area contributed by atoms with Gasteiger partial charge in [-0.25, -0.2) is 0 Å². The Balaban J connectivity index is 1.76. The lowest BCUT2D eigenvalue weighted by molar-refractivity contribution is 0.0542. The molecule has 2 heteroatoms. The van der Waals surface area contributed by atoms with Crippen LogP contribution >= 0.6 is 0 Å². The molecule has 2 nitrogen and oxygen atoms in total. The maximum absolute atomic E-state index is 11.7. The maximum atomic E-state index is 11.7. The molecule has 1 heterocycles. The van der Waals surface area contributed by atoms with Gasteiger partial charge in [-0.3, -0.25) is 4.98 Å². The van der Waals surface area contributed by atoms with Crippen LogP contribution in [0.2, 0.25) is 0 Å². The Kier molecular flexibility index (Phi) is 3.47. The van der Waals surface area contributed by atoms with Crippen molar-refractivity contribution in [1.82, 2.24) is 4.98 Å². The second-order valence-electron chi connectivity index (χ2n) is 6.23. The number of aromatic nitrogens is 1. The van der Waals surface area contributed by atoms with Crippen LogP contribution < -0.4 is 0 Å². The Hall–Kier alpha value is -2.45. The highest BCUT2D eigenvalue weighted by molar-refractivity contribution is 5.41. The van der Waals surface area contributed by atoms with E-state index in [9.17, 15) is 5.11 Å². The topological polar surface area (TPSA) is 33.1 Å². The lowest BCUT2D eigenvalue weighted by Crippen LogP contribution is -2.30. The highest BCUT2D eigenvalue weighted by Gasteiger charge is 2.54. The third-order valence-electron chi connectivity index (χ3n) is 4.89. The summed E-state index contributed by atoms with van der Waals surface area (Å²) in [5.41, 5.74) is 2.24. The van der Waals surface area contributed by atoms with Gasteiger partial charge in [0.05, 0.1) is 0 Å². The van der Waals surface area contributed by atoms with Crippen molar-refractivity contribution >= 4 is 0 Å². The number of rotatable bonds is 4. The predicted molar refractivity (Wildman–Crippen MR) is 91.0 cm³/mol. The van der Waals surface area contributed by atoms with E-state index in [1.54, 1.807) is 0 Å². The smallest absolute Gasteiger partial charge is 0.118 e. The Morgan fingerprint density at radius 2 is 1.30 bits per heavy atom. The van der Waals surface area contributed by atoms with Crippen LogP contribution in [0.4, 0.5) is 0 Å². The van der Waals surface area contributed by atoms with Gasteiger partial charge in [-0.05, 0) is 41.2 Å². The number of pyridine rings is 1. The first kappa shape index (κ1) is 14.2. The molecular formula is C21H19NO. The SMILES string of the molecule is OC(c1ccccc1)(c1ccccc1)[C@@H]1C[C@H]1c1ccncc1. The molecule has 4 rings (SSSR count). The molecule has 23 heavy (non-hydrogen) atoms. The van der Waals surface area contributed by atoms with Gasteiger partial charge in [0.25, 0.3) is 0 Å². The van der Waals surface area contributed by atoms with Crippen molar-refractivity contribution in [1.29, 1.82) is 0 Å². The van der Waals surface area contributed by atoms with E-state index < -0.39 is 5.60 Å². The van der Waals surface area contributed by atoms with E-state index in [2.05, 4.69) is 17.1 Å². The van der Waals surface area contributed by atoms with Crippen molar-refractivity contribution in [2.75, 3.05) is 0 Å². The number of nitrogens with zero attached hydrogens (tertiary/aromatic N) is 1. The van der Waals surface area contributed by atoms with Crippen molar-refractivity contribution in [2.24, 2.45) is 5.92 Å². The molecule has 1 saturated carbocycles. The van der Waals surface area contributed by atoms with Gasteiger partial charge in [0, 0.05) is 18.3 Å². The fourth-order valence-electron chi connectivity index (χ4n) is 3.62. The molecule has 0 unspecified atom stereocenters. The molecular weight excluding hydrogens is 282 g/mol. The molecule has 0 saturated heterocycles. The van der Waals surface area contributed by atoms with Crippen molar-refractivity contribution in [3.8, 4) is 0 Å². The van der Waals surface area contributed by atoms with Gasteiger partial charge >= 0.3 is 0 Å². The largest absolute Gasteiger partial charge is 0.380 e. The second-order valence-corrected chi connectivity index (χ2v) is 6.23. The molecule has 1 aliphatic rings. The van der Waals surface area contributed by atoms with Crippen LogP contribution in [-0.2, 0) is 5.60 Å². The summed E-state index contributed by atoms with van der Waals surface area (Å²) in [7, 11) is 0. The molecule has 0 bridgehead atoms. The number of hydrogen-bond donors (Lipinski definition) is 1. The fourth-order valence-corrected chi connectivity index (χ4v) is 3.62. The van der Waals surface area contributed by atoms with Gasteiger partial charge in [-0.15, -0.1) is 0 Å². The molecule has 2 atom stereocenters. The van der Waals surface area contributed by atoms with Gasteiger partial charge in [0.15, 0.2) is 0 Å². The summed E-state index contributed by atoms with van der Waals surface area (Å²) in [6, 6.07) is 24.2. The first-order valence-electron chi connectivity index (χ1n) is 8.03. The normalized spacial score (nSPS) is 20.2. The lowest BCUT2D eigenvalue weighted by atomic mass is 9.81. The molecule has 0 spiro atoms. The molecule has 1 N–H and O–H groups in total. The zero-order valence-corrected chi connectivity index (χ0v) is 12.8. The van der Waals surface area contributed by atoms with E-state index in [1.807, 2.05) is 73.1 Å². The van der Waals surface area contributed by atoms with Crippen LogP contribution in [0, 0.1) is 5.92 Å². The van der Waals surface area contributed by atoms with Crippen LogP contribution in [0.25, 0.3) is 0 Å². The summed E-state index contributed by atoms with van der Waals surface area (Å²) in [4.78, 5) is 4.10. The molecule has 2 aromatic carbocycles. The quantitative estimate of drug-likeness (QED) is 0.786. The van der Waals surface area contributed by atoms with E-state index in [-0.39, 0.29) is 5.92 Å². The van der Waals surface area contributed by atoms with Gasteiger partial charge < -0.3 is 5.11 Å². The first-order valence-corrected chi connectivity index (χ1v) is 8.03. The molecule has 114 valence electrons. The summed E-state index contributed by atoms with van der Waals surface area (Å²) in [6.07, 6.45) is 4.65. The van der Waals surface area contributed by atoms with E-state index in [1.165, 1.54) is 5.56 Å². The number of benzene rings is 2. The fraction of sp³-hybridized carbons (Fsp3) is 0.190. The van der Waals surface area contributed by atoms with Gasteiger partial charge in [0.2, 0.25) is 0 Å². The average Bonchev–Trinajstić information content (AvgIpc) is 3.45. The zero-order valence-electron chi connectivity index (χ0n) is 12.8. The van der Waals surface area contributed by atoms with E-state index in [4.69, 9.17) is 0 Å². The van der Waals surface area contributed by atoms with E-state index in [0.717, 1.165) is 17.5 Å². The summed E-state index contributed by atoms with van der Waals surface area (Å²) in [5, 5.41) is 11.7. The summed E-state index contributed by atoms with van der Waals surface area (Å²) >= 11 is 0. The van der Waals surface area contributed by atoms with Crippen molar-refractivity contribution in [3.05, 3.63) is 102 Å². The highest BCUT2D eigenvalue weighted by atomic mass is 16.3. The Bertz CT molecular complexity index is 731. The number of hydrogen-bond acceptors (Lipinski definition) is 2. The van der Waals surface area contributed by atoms with E-state index >= 15 is 0 Å². The van der Waals surface area contributed by atoms with Crippen LogP contribution in [0.3, 0.4) is 0 Å². The summed E-state index contributed by atoms with van der Waals surface area (Å²) < 4.78 is 0. The van der Waals surface area contributed by atoms with Gasteiger partial charge in [0.1, 0.15) is 5.60 Å². The summed E-state index contributed by atoms with van der Waals surface area (Å²) in [5.74, 6) is 0.568. The molecule has 3 aromatic rings. The average molecular weight is 301 g/mol. The third-order valence-corrected chi connectivity index (χ3v) is 4.89. The molecule has 0 amide bonds. The summed E-state index contributed by atoms with van der Waals surface area (Å²) in [6.45, 7) is 0. The van der Waals surface area contributed by atoms with Crippen LogP contribution in [-0.4, -0.2) is 10.1 Å². The van der Waals surface area contributed by atoms with Crippen molar-refractivity contribution < 1.29 is 5.11 Å². The third kappa shape index (κ3) is 2.45. The molecule has 0 radical (unpaired) electrons. The van der Waals surface area contributed by atoms with Gasteiger partial charge in [-0.2, -0.15) is 0 Å². The second kappa shape index (κ2) is 5.64. The first-order chi connectivity index (χ1) is 11.3. The monoisotopic (exact) mass is 301 g/mol. The van der Waals surface area contributed by atoms with Gasteiger partial charge in [-0.1, -0.05) is 60.7 Å². The molecule has 1 aliphatic carbocycles. The maximum Gasteiger partial charge on any atom is 0.118 e. The standard InChI is InChI=1S/C21H19NO/c23-21(17-7-3-1-4-8-17,18-9-5-2-6-10-18)20-15-19(20)16-11-13-22-14-12-16/h1-14,19-20,23H,15H2/t19-,20+/m0/s1. The molecule has 0 aliphatic heterocycles. The Morgan fingerprint density at radius 3 is 1.83 bits per heavy atom. The van der Waals surface area contributed by atoms with Crippen molar-refractivity contribution in [3.63, 3.8) is 0 Å². The molecule has 1 fully saturated rings. The van der Waals surface area contributed by atoms with Crippen LogP contribution in [0.1, 0.15) is 29.0 Å². The minimum Gasteiger partial charge on any atom is -0.380 e. The van der Waals surface area contributed by atoms with E-state index in [0.29, 0.717) is 5.92 Å². The van der Waals surface area contributed by atoms with Crippen LogP contribution in [0.15, 0.2) is 85.2 Å². The van der Waals surface area contributed by atoms with Crippen LogP contribution in [0.5, 0.6) is 0 Å². The minimum absolute atomic E-state index is 0.190. The van der Waals surface area contributed by atoms with Crippen molar-refractivity contribution in [2.45, 2.75) is 17.9 Å². The molecule has 1 aromatic heterocycles. The predicted octanol–water partition coefficient (Wildman–Crippen LogP) is 4.12. The lowest BCUT2D eigenvalue weighted by Gasteiger charge is -2.30. The Morgan fingerprint density at radius 1 is 0.783 bits per heavy atom. The highest BCUT2D eigenvalue weighted by Crippen LogP contribution is 2.58. The Labute approximate surface area is 136 Å². The zero-order chi connectivity index (χ0) is 15.7.